The van der Waals surface area contributed by atoms with E-state index in [0.29, 0.717) is 6.61 Å². The van der Waals surface area contributed by atoms with E-state index in [9.17, 15) is 0 Å². The minimum absolute atomic E-state index is 0.0396. The number of nitrogens with zero attached hydrogens (tertiary/aromatic N) is 4. The van der Waals surface area contributed by atoms with E-state index in [4.69, 9.17) is 4.74 Å². The first-order valence-corrected chi connectivity index (χ1v) is 9.55. The van der Waals surface area contributed by atoms with E-state index in [2.05, 4.69) is 52.1 Å². The number of pyridine rings is 2. The molecule has 6 nitrogen and oxygen atoms in total. The van der Waals surface area contributed by atoms with Crippen LogP contribution in [0.25, 0.3) is 11.3 Å². The highest BCUT2D eigenvalue weighted by atomic mass is 16.5. The van der Waals surface area contributed by atoms with Crippen LogP contribution in [-0.4, -0.2) is 33.1 Å². The lowest BCUT2D eigenvalue weighted by atomic mass is 9.89. The minimum Gasteiger partial charge on any atom is -0.490 e. The summed E-state index contributed by atoms with van der Waals surface area (Å²) in [4.78, 5) is 17.6. The van der Waals surface area contributed by atoms with Gasteiger partial charge in [-0.05, 0) is 25.1 Å². The standard InChI is InChI=1S/C22H25N5O/c1-14(17-7-8-23-21-20(17)28-12-22(21,3)4)10-25-19-9-18(26-13-27-19)16-6-5-15(2)24-11-16/h5-9,11,13-14H,10,12H2,1-4H3,(H,25,26,27). The zero-order valence-corrected chi connectivity index (χ0v) is 16.7. The Morgan fingerprint density at radius 2 is 2.00 bits per heavy atom. The minimum atomic E-state index is -0.0396. The van der Waals surface area contributed by atoms with Crippen LogP contribution in [0.5, 0.6) is 5.75 Å². The zero-order chi connectivity index (χ0) is 19.7. The average Bonchev–Trinajstić information content (AvgIpc) is 3.02. The molecule has 4 rings (SSSR count). The van der Waals surface area contributed by atoms with E-state index in [1.54, 1.807) is 6.33 Å². The second-order valence-corrected chi connectivity index (χ2v) is 8.01. The van der Waals surface area contributed by atoms with Crippen molar-refractivity contribution < 1.29 is 4.74 Å². The highest BCUT2D eigenvalue weighted by Crippen LogP contribution is 2.41. The largest absolute Gasteiger partial charge is 0.490 e. The number of rotatable bonds is 5. The highest BCUT2D eigenvalue weighted by Gasteiger charge is 2.35. The van der Waals surface area contributed by atoms with Crippen molar-refractivity contribution in [1.29, 1.82) is 0 Å². The molecule has 1 aliphatic heterocycles. The second-order valence-electron chi connectivity index (χ2n) is 8.01. The number of aryl methyl sites for hydroxylation is 1. The van der Waals surface area contributed by atoms with E-state index >= 15 is 0 Å². The van der Waals surface area contributed by atoms with E-state index in [0.717, 1.165) is 40.8 Å². The lowest BCUT2D eigenvalue weighted by molar-refractivity contribution is 0.288. The maximum absolute atomic E-state index is 5.98. The molecule has 144 valence electrons. The van der Waals surface area contributed by atoms with E-state index < -0.39 is 0 Å². The Morgan fingerprint density at radius 3 is 2.79 bits per heavy atom. The van der Waals surface area contributed by atoms with Gasteiger partial charge < -0.3 is 10.1 Å². The lowest BCUT2D eigenvalue weighted by Crippen LogP contribution is -2.19. The van der Waals surface area contributed by atoms with Gasteiger partial charge in [0.2, 0.25) is 0 Å². The molecule has 0 amide bonds. The molecule has 1 unspecified atom stereocenters. The van der Waals surface area contributed by atoms with Gasteiger partial charge in [0.25, 0.3) is 0 Å². The average molecular weight is 375 g/mol. The van der Waals surface area contributed by atoms with Crippen LogP contribution in [0, 0.1) is 6.92 Å². The third kappa shape index (κ3) is 3.54. The van der Waals surface area contributed by atoms with Gasteiger partial charge in [0.1, 0.15) is 17.9 Å². The number of nitrogens with one attached hydrogen (secondary N) is 1. The van der Waals surface area contributed by atoms with E-state index in [1.807, 2.05) is 37.5 Å². The third-order valence-corrected chi connectivity index (χ3v) is 5.15. The molecule has 0 saturated heterocycles. The van der Waals surface area contributed by atoms with Crippen LogP contribution in [0.3, 0.4) is 0 Å². The Labute approximate surface area is 165 Å². The van der Waals surface area contributed by atoms with E-state index in [1.165, 1.54) is 5.56 Å². The van der Waals surface area contributed by atoms with Crippen molar-refractivity contribution in [1.82, 2.24) is 19.9 Å². The highest BCUT2D eigenvalue weighted by molar-refractivity contribution is 5.61. The van der Waals surface area contributed by atoms with Gasteiger partial charge in [0.15, 0.2) is 0 Å². The number of hydrogen-bond acceptors (Lipinski definition) is 6. The molecule has 0 radical (unpaired) electrons. The molecule has 4 heterocycles. The maximum Gasteiger partial charge on any atom is 0.145 e. The van der Waals surface area contributed by atoms with Gasteiger partial charge in [-0.25, -0.2) is 9.97 Å². The van der Waals surface area contributed by atoms with Crippen LogP contribution in [0.15, 0.2) is 43.0 Å². The molecule has 1 atom stereocenters. The molecule has 0 saturated carbocycles. The summed E-state index contributed by atoms with van der Waals surface area (Å²) >= 11 is 0. The Hall–Kier alpha value is -3.02. The monoisotopic (exact) mass is 375 g/mol. The maximum atomic E-state index is 5.98. The molecule has 0 spiro atoms. The topological polar surface area (TPSA) is 72.8 Å². The quantitative estimate of drug-likeness (QED) is 0.723. The summed E-state index contributed by atoms with van der Waals surface area (Å²) in [6, 6.07) is 8.01. The third-order valence-electron chi connectivity index (χ3n) is 5.15. The van der Waals surface area contributed by atoms with Gasteiger partial charge in [0, 0.05) is 53.2 Å². The summed E-state index contributed by atoms with van der Waals surface area (Å²) in [5.74, 6) is 1.99. The van der Waals surface area contributed by atoms with Crippen LogP contribution in [0.4, 0.5) is 5.82 Å². The summed E-state index contributed by atoms with van der Waals surface area (Å²) in [5, 5.41) is 3.43. The molecule has 0 aliphatic carbocycles. The molecule has 0 aromatic carbocycles. The van der Waals surface area contributed by atoms with Crippen molar-refractivity contribution >= 4 is 5.82 Å². The second kappa shape index (κ2) is 7.19. The van der Waals surface area contributed by atoms with Gasteiger partial charge in [0.05, 0.1) is 18.0 Å². The Morgan fingerprint density at radius 1 is 1.14 bits per heavy atom. The first kappa shape index (κ1) is 18.3. The van der Waals surface area contributed by atoms with Crippen molar-refractivity contribution in [2.45, 2.75) is 39.0 Å². The van der Waals surface area contributed by atoms with Crippen LogP contribution in [0.1, 0.15) is 43.6 Å². The first-order valence-electron chi connectivity index (χ1n) is 9.55. The normalized spacial score (nSPS) is 15.6. The summed E-state index contributed by atoms with van der Waals surface area (Å²) < 4.78 is 5.98. The molecule has 3 aromatic heterocycles. The molecule has 0 fully saturated rings. The van der Waals surface area contributed by atoms with Gasteiger partial charge in [-0.2, -0.15) is 0 Å². The smallest absolute Gasteiger partial charge is 0.145 e. The molecule has 6 heteroatoms. The van der Waals surface area contributed by atoms with Gasteiger partial charge >= 0.3 is 0 Å². The molecule has 3 aromatic rings. The number of ether oxygens (including phenoxy) is 1. The van der Waals surface area contributed by atoms with Crippen LogP contribution < -0.4 is 10.1 Å². The van der Waals surface area contributed by atoms with Crippen molar-refractivity contribution in [3.63, 3.8) is 0 Å². The Balaban J connectivity index is 1.49. The summed E-state index contributed by atoms with van der Waals surface area (Å²) in [5.41, 5.74) is 5.01. The number of fused-ring (bicyclic) bond motifs is 1. The van der Waals surface area contributed by atoms with Gasteiger partial charge in [-0.3, -0.25) is 9.97 Å². The molecule has 1 aliphatic rings. The lowest BCUT2D eigenvalue weighted by Gasteiger charge is -2.17. The van der Waals surface area contributed by atoms with Crippen LogP contribution in [0.2, 0.25) is 0 Å². The summed E-state index contributed by atoms with van der Waals surface area (Å²) in [7, 11) is 0. The fourth-order valence-corrected chi connectivity index (χ4v) is 3.40. The number of aromatic nitrogens is 4. The predicted octanol–water partition coefficient (Wildman–Crippen LogP) is 4.13. The van der Waals surface area contributed by atoms with Crippen molar-refractivity contribution in [2.24, 2.45) is 0 Å². The number of anilines is 1. The van der Waals surface area contributed by atoms with Crippen molar-refractivity contribution in [2.75, 3.05) is 18.5 Å². The summed E-state index contributed by atoms with van der Waals surface area (Å²) in [6.07, 6.45) is 5.30. The molecule has 28 heavy (non-hydrogen) atoms. The molecule has 0 bridgehead atoms. The fourth-order valence-electron chi connectivity index (χ4n) is 3.40. The molecular weight excluding hydrogens is 350 g/mol. The van der Waals surface area contributed by atoms with Crippen LogP contribution in [-0.2, 0) is 5.41 Å². The van der Waals surface area contributed by atoms with Crippen molar-refractivity contribution in [3.8, 4) is 17.0 Å². The number of hydrogen-bond donors (Lipinski definition) is 1. The van der Waals surface area contributed by atoms with Gasteiger partial charge in [-0.15, -0.1) is 0 Å². The molecule has 1 N–H and O–H groups in total. The SMILES string of the molecule is Cc1ccc(-c2cc(NCC(C)c3ccnc4c3OCC4(C)C)ncn2)cn1. The molecular formula is C22H25N5O. The fraction of sp³-hybridized carbons (Fsp3) is 0.364. The zero-order valence-electron chi connectivity index (χ0n) is 16.7. The Bertz CT molecular complexity index is 984. The van der Waals surface area contributed by atoms with Gasteiger partial charge in [-0.1, -0.05) is 20.8 Å². The van der Waals surface area contributed by atoms with Crippen LogP contribution >= 0.6 is 0 Å². The van der Waals surface area contributed by atoms with Crippen molar-refractivity contribution in [3.05, 3.63) is 59.9 Å². The predicted molar refractivity (Wildman–Crippen MR) is 110 cm³/mol. The Kier molecular flexibility index (Phi) is 4.71. The first-order chi connectivity index (χ1) is 13.4. The summed E-state index contributed by atoms with van der Waals surface area (Å²) in [6.45, 7) is 9.90. The van der Waals surface area contributed by atoms with E-state index in [-0.39, 0.29) is 11.3 Å².